The molecule has 1 fully saturated rings. The molecule has 152 valence electrons. The first-order valence-corrected chi connectivity index (χ1v) is 10.1. The van der Waals surface area contributed by atoms with Gasteiger partial charge in [-0.15, -0.1) is 11.8 Å². The Morgan fingerprint density at radius 2 is 2.10 bits per heavy atom. The molecule has 9 nitrogen and oxygen atoms in total. The molecule has 0 bridgehead atoms. The highest BCUT2D eigenvalue weighted by Crippen LogP contribution is 2.36. The van der Waals surface area contributed by atoms with Gasteiger partial charge in [0.2, 0.25) is 0 Å². The number of nitrogens with two attached hydrogens (primary N) is 1. The molecule has 2 N–H and O–H groups in total. The number of thioether (sulfide) groups is 1. The van der Waals surface area contributed by atoms with Crippen molar-refractivity contribution >= 4 is 34.7 Å². The van der Waals surface area contributed by atoms with Gasteiger partial charge in [0.1, 0.15) is 23.7 Å². The zero-order valence-electron chi connectivity index (χ0n) is 16.0. The molecule has 3 atom stereocenters. The fraction of sp³-hybridized carbons (Fsp3) is 0.368. The molecule has 4 rings (SSSR count). The number of rotatable bonds is 6. The number of fused-ring (bicyclic) bond motifs is 1. The summed E-state index contributed by atoms with van der Waals surface area (Å²) in [5.41, 5.74) is 6.92. The number of aromatic nitrogens is 4. The molecule has 0 amide bonds. The van der Waals surface area contributed by atoms with E-state index in [-0.39, 0.29) is 12.1 Å². The lowest BCUT2D eigenvalue weighted by molar-refractivity contribution is -0.152. The first-order chi connectivity index (χ1) is 14.0. The van der Waals surface area contributed by atoms with Gasteiger partial charge >= 0.3 is 5.97 Å². The van der Waals surface area contributed by atoms with E-state index in [0.29, 0.717) is 29.2 Å². The number of nitrogen functional groups attached to an aromatic ring is 1. The Morgan fingerprint density at radius 3 is 2.83 bits per heavy atom. The van der Waals surface area contributed by atoms with Crippen molar-refractivity contribution in [1.82, 2.24) is 19.5 Å². The predicted molar refractivity (Wildman–Crippen MR) is 108 cm³/mol. The zero-order chi connectivity index (χ0) is 20.4. The van der Waals surface area contributed by atoms with E-state index in [1.165, 1.54) is 13.3 Å². The molecule has 3 heterocycles. The van der Waals surface area contributed by atoms with E-state index in [9.17, 15) is 4.79 Å². The average molecular weight is 415 g/mol. The Kier molecular flexibility index (Phi) is 5.54. The van der Waals surface area contributed by atoms with Crippen LogP contribution < -0.4 is 10.5 Å². The first-order valence-electron chi connectivity index (χ1n) is 9.07. The lowest BCUT2D eigenvalue weighted by Gasteiger charge is -2.19. The number of nitrogens with zero attached hydrogens (tertiary/aromatic N) is 4. The highest BCUT2D eigenvalue weighted by atomic mass is 32.2. The Bertz CT molecular complexity index is 1010. The highest BCUT2D eigenvalue weighted by Gasteiger charge is 2.39. The van der Waals surface area contributed by atoms with Gasteiger partial charge < -0.3 is 19.9 Å². The van der Waals surface area contributed by atoms with Crippen molar-refractivity contribution in [3.05, 3.63) is 36.9 Å². The molecule has 0 spiro atoms. The lowest BCUT2D eigenvalue weighted by atomic mass is 10.2. The number of methoxy groups -OCH3 is 1. The van der Waals surface area contributed by atoms with Crippen LogP contribution >= 0.6 is 11.8 Å². The van der Waals surface area contributed by atoms with Crippen LogP contribution in [0.3, 0.4) is 0 Å². The molecular weight excluding hydrogens is 394 g/mol. The Labute approximate surface area is 171 Å². The summed E-state index contributed by atoms with van der Waals surface area (Å²) >= 11 is 1.67. The summed E-state index contributed by atoms with van der Waals surface area (Å²) in [7, 11) is 1.64. The minimum atomic E-state index is -0.528. The van der Waals surface area contributed by atoms with Crippen LogP contribution in [0.15, 0.2) is 41.8 Å². The molecule has 0 radical (unpaired) electrons. The molecule has 10 heteroatoms. The van der Waals surface area contributed by atoms with Crippen LogP contribution in [0.2, 0.25) is 0 Å². The number of anilines is 1. The summed E-state index contributed by atoms with van der Waals surface area (Å²) in [6.07, 6.45) is 2.47. The molecule has 0 unspecified atom stereocenters. The van der Waals surface area contributed by atoms with Crippen LogP contribution in [-0.4, -0.2) is 50.6 Å². The Morgan fingerprint density at radius 1 is 1.31 bits per heavy atom. The number of imidazole rings is 1. The number of hydrogen-bond acceptors (Lipinski definition) is 9. The van der Waals surface area contributed by atoms with Crippen molar-refractivity contribution in [2.24, 2.45) is 0 Å². The van der Waals surface area contributed by atoms with Crippen LogP contribution in [0, 0.1) is 0 Å². The van der Waals surface area contributed by atoms with Crippen molar-refractivity contribution in [3.63, 3.8) is 0 Å². The van der Waals surface area contributed by atoms with E-state index in [1.54, 1.807) is 29.8 Å². The predicted octanol–water partition coefficient (Wildman–Crippen LogP) is 2.43. The van der Waals surface area contributed by atoms with E-state index in [0.717, 1.165) is 10.6 Å². The smallest absolute Gasteiger partial charge is 0.303 e. The number of carbonyl (C=O) groups excluding carboxylic acids is 1. The van der Waals surface area contributed by atoms with Gasteiger partial charge in [-0.25, -0.2) is 15.0 Å². The number of carbonyl (C=O) groups is 1. The summed E-state index contributed by atoms with van der Waals surface area (Å²) < 4.78 is 18.7. The van der Waals surface area contributed by atoms with Crippen LogP contribution in [0.4, 0.5) is 5.82 Å². The quantitative estimate of drug-likeness (QED) is 0.479. The Hall–Kier alpha value is -2.85. The van der Waals surface area contributed by atoms with Gasteiger partial charge in [-0.3, -0.25) is 9.36 Å². The summed E-state index contributed by atoms with van der Waals surface area (Å²) in [6.45, 7) is 1.39. The van der Waals surface area contributed by atoms with Gasteiger partial charge in [0.05, 0.1) is 19.5 Å². The normalized spacial score (nSPS) is 21.4. The van der Waals surface area contributed by atoms with Crippen molar-refractivity contribution in [3.8, 4) is 5.75 Å². The van der Waals surface area contributed by atoms with Crippen molar-refractivity contribution < 1.29 is 19.0 Å². The summed E-state index contributed by atoms with van der Waals surface area (Å²) in [6, 6.07) is 7.85. The molecule has 1 aliphatic rings. The summed E-state index contributed by atoms with van der Waals surface area (Å²) in [5.74, 6) is 1.47. The van der Waals surface area contributed by atoms with Gasteiger partial charge in [-0.2, -0.15) is 0 Å². The summed E-state index contributed by atoms with van der Waals surface area (Å²) in [4.78, 5) is 25.2. The maximum atomic E-state index is 11.6. The lowest BCUT2D eigenvalue weighted by Crippen LogP contribution is -2.24. The van der Waals surface area contributed by atoms with Gasteiger partial charge in [0.25, 0.3) is 0 Å². The molecule has 1 aliphatic heterocycles. The number of ether oxygens (including phenoxy) is 3. The Balaban J connectivity index is 1.51. The van der Waals surface area contributed by atoms with E-state index in [1.807, 2.05) is 24.3 Å². The number of esters is 1. The molecule has 0 aliphatic carbocycles. The highest BCUT2D eigenvalue weighted by molar-refractivity contribution is 7.99. The van der Waals surface area contributed by atoms with Crippen LogP contribution in [0.5, 0.6) is 5.75 Å². The molecular formula is C19H21N5O4S. The van der Waals surface area contributed by atoms with E-state index >= 15 is 0 Å². The third-order valence-corrected chi connectivity index (χ3v) is 5.76. The third-order valence-electron chi connectivity index (χ3n) is 4.62. The topological polar surface area (TPSA) is 114 Å². The van der Waals surface area contributed by atoms with E-state index in [2.05, 4.69) is 15.0 Å². The molecule has 1 aromatic carbocycles. The van der Waals surface area contributed by atoms with Gasteiger partial charge in [0.15, 0.2) is 17.7 Å². The van der Waals surface area contributed by atoms with Crippen molar-refractivity contribution in [2.45, 2.75) is 36.7 Å². The molecule has 29 heavy (non-hydrogen) atoms. The largest absolute Gasteiger partial charge is 0.497 e. The third kappa shape index (κ3) is 4.13. The van der Waals surface area contributed by atoms with Gasteiger partial charge in [-0.05, 0) is 24.3 Å². The number of benzene rings is 1. The molecule has 1 saturated heterocycles. The average Bonchev–Trinajstić information content (AvgIpc) is 3.31. The minimum absolute atomic E-state index is 0.104. The SMILES string of the molecule is COc1ccc(SC[C@@H]2C[C@@H](OC(C)=O)[C@H](n3cnc4c(N)ncnc43)O2)cc1. The standard InChI is InChI=1S/C19H21N5O4S/c1-11(25)27-15-7-13(8-29-14-5-3-12(26-2)4-6-14)28-19(15)24-10-23-16-17(20)21-9-22-18(16)24/h3-6,9-10,13,15,19H,7-8H2,1-2H3,(H2,20,21,22)/t13-,15+,19+/m0/s1. The van der Waals surface area contributed by atoms with Gasteiger partial charge in [0, 0.05) is 24.0 Å². The minimum Gasteiger partial charge on any atom is -0.497 e. The maximum Gasteiger partial charge on any atom is 0.303 e. The molecule has 2 aromatic heterocycles. The first kappa shape index (κ1) is 19.5. The number of hydrogen-bond donors (Lipinski definition) is 1. The van der Waals surface area contributed by atoms with Crippen LogP contribution in [-0.2, 0) is 14.3 Å². The molecule has 0 saturated carbocycles. The second kappa shape index (κ2) is 8.26. The van der Waals surface area contributed by atoms with E-state index in [4.69, 9.17) is 19.9 Å². The fourth-order valence-corrected chi connectivity index (χ4v) is 4.23. The van der Waals surface area contributed by atoms with Crippen molar-refractivity contribution in [2.75, 3.05) is 18.6 Å². The van der Waals surface area contributed by atoms with Crippen LogP contribution in [0.1, 0.15) is 19.6 Å². The van der Waals surface area contributed by atoms with Crippen molar-refractivity contribution in [1.29, 1.82) is 0 Å². The maximum absolute atomic E-state index is 11.6. The second-order valence-electron chi connectivity index (χ2n) is 6.60. The fourth-order valence-electron chi connectivity index (χ4n) is 3.30. The molecule has 3 aromatic rings. The zero-order valence-corrected chi connectivity index (χ0v) is 16.8. The second-order valence-corrected chi connectivity index (χ2v) is 7.70. The van der Waals surface area contributed by atoms with Crippen LogP contribution in [0.25, 0.3) is 11.2 Å². The summed E-state index contributed by atoms with van der Waals surface area (Å²) in [5, 5.41) is 0. The van der Waals surface area contributed by atoms with E-state index < -0.39 is 12.3 Å². The van der Waals surface area contributed by atoms with Gasteiger partial charge in [-0.1, -0.05) is 0 Å². The monoisotopic (exact) mass is 415 g/mol.